The maximum Gasteiger partial charge on any atom is 0.434 e. The third kappa shape index (κ3) is 4.15. The van der Waals surface area contributed by atoms with E-state index in [0.717, 1.165) is 5.32 Å². The zero-order chi connectivity index (χ0) is 12.9. The third-order valence-electron chi connectivity index (χ3n) is 1.21. The Morgan fingerprint density at radius 2 is 1.88 bits per heavy atom. The highest BCUT2D eigenvalue weighted by atomic mass is 19.4. The molecule has 0 spiro atoms. The fourth-order valence-corrected chi connectivity index (χ4v) is 0.670. The molecule has 0 saturated heterocycles. The molecule has 0 atom stereocenters. The van der Waals surface area contributed by atoms with Crippen molar-refractivity contribution >= 4 is 12.0 Å². The number of nitrogens with one attached hydrogen (secondary N) is 1. The van der Waals surface area contributed by atoms with E-state index >= 15 is 0 Å². The molecule has 0 saturated carbocycles. The maximum atomic E-state index is 12.9. The average molecular weight is 244 g/mol. The molecule has 2 amide bonds. The molecular weight excluding hydrogens is 236 g/mol. The summed E-state index contributed by atoms with van der Waals surface area (Å²) in [7, 11) is 0. The number of ether oxygens (including phenoxy) is 1. The summed E-state index contributed by atoms with van der Waals surface area (Å²) in [5, 5.41) is 0.977. The van der Waals surface area contributed by atoms with E-state index in [2.05, 4.69) is 10.5 Å². The highest BCUT2D eigenvalue weighted by Crippen LogP contribution is 2.27. The second-order valence-electron chi connectivity index (χ2n) is 2.40. The lowest BCUT2D eigenvalue weighted by atomic mass is 10.3. The number of amides is 2. The Morgan fingerprint density at radius 1 is 1.38 bits per heavy atom. The van der Waals surface area contributed by atoms with Gasteiger partial charge in [0.1, 0.15) is 0 Å². The lowest BCUT2D eigenvalue weighted by Gasteiger charge is -2.12. The first-order valence-electron chi connectivity index (χ1n) is 3.90. The summed E-state index contributed by atoms with van der Waals surface area (Å²) in [5.74, 6) is -4.09. The van der Waals surface area contributed by atoms with Crippen LogP contribution in [0, 0.1) is 0 Å². The van der Waals surface area contributed by atoms with Crippen molar-refractivity contribution < 1.29 is 31.9 Å². The van der Waals surface area contributed by atoms with Gasteiger partial charge in [0, 0.05) is 0 Å². The Kier molecular flexibility index (Phi) is 4.73. The lowest BCUT2D eigenvalue weighted by Crippen LogP contribution is -2.37. The molecule has 0 aromatic heterocycles. The Bertz CT molecular complexity index is 324. The number of primary amides is 1. The van der Waals surface area contributed by atoms with E-state index in [4.69, 9.17) is 0 Å². The zero-order valence-corrected chi connectivity index (χ0v) is 8.02. The molecule has 0 heterocycles. The number of alkyl halides is 3. The van der Waals surface area contributed by atoms with E-state index < -0.39 is 29.7 Å². The minimum absolute atomic E-state index is 0.312. The van der Waals surface area contributed by atoms with Crippen molar-refractivity contribution in [2.75, 3.05) is 6.61 Å². The fraction of sp³-hybridized carbons (Fsp3) is 0.429. The molecular formula is C7H8F4N2O3. The number of allylic oxidation sites excluding steroid dienone is 1. The summed E-state index contributed by atoms with van der Waals surface area (Å²) in [6.45, 7) is 0.966. The van der Waals surface area contributed by atoms with E-state index in [9.17, 15) is 27.2 Å². The summed E-state index contributed by atoms with van der Waals surface area (Å²) in [5.41, 5.74) is 2.22. The number of carbonyl (C=O) groups excluding carboxylic acids is 2. The molecule has 0 aromatic carbocycles. The number of halogens is 4. The predicted octanol–water partition coefficient (Wildman–Crippen LogP) is 0.961. The van der Waals surface area contributed by atoms with E-state index in [1.54, 1.807) is 0 Å². The highest BCUT2D eigenvalue weighted by molar-refractivity contribution is 5.88. The molecule has 0 aromatic rings. The molecule has 0 fully saturated rings. The van der Waals surface area contributed by atoms with Crippen LogP contribution in [-0.4, -0.2) is 24.8 Å². The minimum atomic E-state index is -5.26. The summed E-state index contributed by atoms with van der Waals surface area (Å²) in [6, 6.07) is -1.65. The molecule has 16 heavy (non-hydrogen) atoms. The second kappa shape index (κ2) is 5.33. The summed E-state index contributed by atoms with van der Waals surface area (Å²) < 4.78 is 53.4. The Hall–Kier alpha value is -1.80. The van der Waals surface area contributed by atoms with Gasteiger partial charge in [-0.05, 0) is 6.92 Å². The van der Waals surface area contributed by atoms with Crippen LogP contribution < -0.4 is 11.1 Å². The van der Waals surface area contributed by atoms with Crippen molar-refractivity contribution in [3.8, 4) is 0 Å². The van der Waals surface area contributed by atoms with Crippen LogP contribution in [0.1, 0.15) is 6.92 Å². The largest absolute Gasteiger partial charge is 0.461 e. The molecule has 0 aliphatic carbocycles. The molecule has 92 valence electrons. The molecule has 0 bridgehead atoms. The number of esters is 1. The van der Waals surface area contributed by atoms with Crippen LogP contribution in [0.15, 0.2) is 11.5 Å². The molecule has 0 radical (unpaired) electrons. The van der Waals surface area contributed by atoms with E-state index in [0.29, 0.717) is 0 Å². The topological polar surface area (TPSA) is 81.4 Å². The molecule has 5 nitrogen and oxygen atoms in total. The highest BCUT2D eigenvalue weighted by Gasteiger charge is 2.40. The lowest BCUT2D eigenvalue weighted by molar-refractivity contribution is -0.142. The van der Waals surface area contributed by atoms with Gasteiger partial charge in [0.2, 0.25) is 5.83 Å². The van der Waals surface area contributed by atoms with Crippen molar-refractivity contribution in [2.24, 2.45) is 5.73 Å². The smallest absolute Gasteiger partial charge is 0.434 e. The van der Waals surface area contributed by atoms with E-state index in [1.165, 1.54) is 6.92 Å². The third-order valence-corrected chi connectivity index (χ3v) is 1.21. The van der Waals surface area contributed by atoms with Gasteiger partial charge < -0.3 is 15.8 Å². The van der Waals surface area contributed by atoms with Gasteiger partial charge in [0.25, 0.3) is 0 Å². The first-order valence-corrected chi connectivity index (χ1v) is 3.90. The van der Waals surface area contributed by atoms with Crippen LogP contribution in [0.5, 0.6) is 0 Å². The van der Waals surface area contributed by atoms with Gasteiger partial charge in [-0.25, -0.2) is 9.59 Å². The van der Waals surface area contributed by atoms with Crippen molar-refractivity contribution in [3.05, 3.63) is 11.5 Å². The monoisotopic (exact) mass is 244 g/mol. The molecule has 0 rings (SSSR count). The first kappa shape index (κ1) is 14.2. The number of hydrogen-bond donors (Lipinski definition) is 2. The predicted molar refractivity (Wildman–Crippen MR) is 43.5 cm³/mol. The molecule has 9 heteroatoms. The van der Waals surface area contributed by atoms with Gasteiger partial charge in [0.15, 0.2) is 5.70 Å². The summed E-state index contributed by atoms with van der Waals surface area (Å²) >= 11 is 0. The summed E-state index contributed by atoms with van der Waals surface area (Å²) in [4.78, 5) is 20.9. The molecule has 0 unspecified atom stereocenters. The van der Waals surface area contributed by atoms with Gasteiger partial charge in [0.05, 0.1) is 6.61 Å². The van der Waals surface area contributed by atoms with Crippen LogP contribution >= 0.6 is 0 Å². The van der Waals surface area contributed by atoms with Crippen LogP contribution in [0.4, 0.5) is 22.4 Å². The van der Waals surface area contributed by atoms with Gasteiger partial charge in [-0.2, -0.15) is 17.6 Å². The van der Waals surface area contributed by atoms with Gasteiger partial charge in [-0.3, -0.25) is 0 Å². The number of nitrogens with two attached hydrogens (primary N) is 1. The van der Waals surface area contributed by atoms with Crippen molar-refractivity contribution in [1.29, 1.82) is 0 Å². The van der Waals surface area contributed by atoms with Crippen LogP contribution in [0.25, 0.3) is 0 Å². The Balaban J connectivity index is 5.20. The average Bonchev–Trinajstić information content (AvgIpc) is 2.11. The van der Waals surface area contributed by atoms with Gasteiger partial charge >= 0.3 is 18.2 Å². The number of hydrogen-bond acceptors (Lipinski definition) is 3. The number of urea groups is 1. The maximum absolute atomic E-state index is 12.9. The van der Waals surface area contributed by atoms with E-state index in [1.807, 2.05) is 0 Å². The SMILES string of the molecule is CCOC(=O)C(F)=C(NC(N)=O)C(F)(F)F. The Morgan fingerprint density at radius 3 is 2.19 bits per heavy atom. The summed E-state index contributed by atoms with van der Waals surface area (Å²) in [6.07, 6.45) is -5.26. The van der Waals surface area contributed by atoms with Gasteiger partial charge in [-0.15, -0.1) is 0 Å². The van der Waals surface area contributed by atoms with Crippen molar-refractivity contribution in [3.63, 3.8) is 0 Å². The van der Waals surface area contributed by atoms with E-state index in [-0.39, 0.29) is 6.61 Å². The minimum Gasteiger partial charge on any atom is -0.461 e. The number of carbonyl (C=O) groups is 2. The zero-order valence-electron chi connectivity index (χ0n) is 8.02. The fourth-order valence-electron chi connectivity index (χ4n) is 0.670. The normalized spacial score (nSPS) is 12.8. The molecule has 3 N–H and O–H groups in total. The Labute approximate surface area is 87.2 Å². The molecule has 0 aliphatic heterocycles. The quantitative estimate of drug-likeness (QED) is 0.440. The van der Waals surface area contributed by atoms with Crippen LogP contribution in [0.3, 0.4) is 0 Å². The first-order chi connectivity index (χ1) is 7.20. The van der Waals surface area contributed by atoms with Crippen LogP contribution in [0.2, 0.25) is 0 Å². The standard InChI is InChI=1S/C7H8F4N2O3/c1-2-16-5(14)3(8)4(7(9,10)11)13-6(12)15/h2H2,1H3,(H3,12,13,15). The van der Waals surface area contributed by atoms with Gasteiger partial charge in [-0.1, -0.05) is 0 Å². The van der Waals surface area contributed by atoms with Crippen molar-refractivity contribution in [1.82, 2.24) is 5.32 Å². The number of rotatable bonds is 3. The van der Waals surface area contributed by atoms with Crippen LogP contribution in [-0.2, 0) is 9.53 Å². The second-order valence-corrected chi connectivity index (χ2v) is 2.40. The molecule has 0 aliphatic rings. The van der Waals surface area contributed by atoms with Crippen molar-refractivity contribution in [2.45, 2.75) is 13.1 Å².